The van der Waals surface area contributed by atoms with Gasteiger partial charge in [-0.2, -0.15) is 0 Å². The first kappa shape index (κ1) is 17.4. The molecule has 1 N–H and O–H groups in total. The van der Waals surface area contributed by atoms with E-state index in [-0.39, 0.29) is 12.5 Å². The minimum Gasteiger partial charge on any atom is -0.483 e. The molecule has 3 aromatic carbocycles. The minimum atomic E-state index is -0.203. The number of aryl methyl sites for hydroxylation is 1. The van der Waals surface area contributed by atoms with Gasteiger partial charge in [0.2, 0.25) is 0 Å². The zero-order valence-electron chi connectivity index (χ0n) is 14.6. The number of para-hydroxylation sites is 2. The van der Waals surface area contributed by atoms with E-state index in [1.807, 2.05) is 85.8 Å². The Kier molecular flexibility index (Phi) is 5.78. The predicted molar refractivity (Wildman–Crippen MR) is 105 cm³/mol. The van der Waals surface area contributed by atoms with Crippen LogP contribution in [0.2, 0.25) is 0 Å². The molecule has 0 aromatic heterocycles. The lowest BCUT2D eigenvalue weighted by molar-refractivity contribution is -0.118. The summed E-state index contributed by atoms with van der Waals surface area (Å²) in [6.07, 6.45) is 1.74. The number of nitrogens with one attached hydrogen (secondary N) is 1. The van der Waals surface area contributed by atoms with Gasteiger partial charge in [0.25, 0.3) is 5.91 Å². The Morgan fingerprint density at radius 1 is 1.00 bits per heavy atom. The molecule has 130 valence electrons. The van der Waals surface area contributed by atoms with Gasteiger partial charge in [-0.05, 0) is 48.9 Å². The Balaban J connectivity index is 1.63. The summed E-state index contributed by atoms with van der Waals surface area (Å²) in [5.74, 6) is 0.414. The summed E-state index contributed by atoms with van der Waals surface area (Å²) >= 11 is 0. The standard InChI is InChI=1S/C22H20N2O2/c1-17-8-7-12-20(14-17)24-22(25)16-26-21-13-6-5-9-18(21)15-23-19-10-3-2-4-11-19/h2-15H,16H2,1H3,(H,24,25). The summed E-state index contributed by atoms with van der Waals surface area (Å²) in [7, 11) is 0. The topological polar surface area (TPSA) is 50.7 Å². The smallest absolute Gasteiger partial charge is 0.262 e. The van der Waals surface area contributed by atoms with E-state index in [1.165, 1.54) is 0 Å². The molecule has 1 amide bonds. The number of aliphatic imine (C=N–C) groups is 1. The summed E-state index contributed by atoms with van der Waals surface area (Å²) in [5.41, 5.74) is 3.53. The maximum Gasteiger partial charge on any atom is 0.262 e. The lowest BCUT2D eigenvalue weighted by Crippen LogP contribution is -2.20. The number of carbonyl (C=O) groups is 1. The van der Waals surface area contributed by atoms with Gasteiger partial charge in [0.15, 0.2) is 6.61 Å². The summed E-state index contributed by atoms with van der Waals surface area (Å²) in [6, 6.07) is 24.8. The molecular weight excluding hydrogens is 324 g/mol. The molecule has 0 radical (unpaired) electrons. The molecule has 0 atom stereocenters. The van der Waals surface area contributed by atoms with Crippen LogP contribution in [0.15, 0.2) is 83.9 Å². The van der Waals surface area contributed by atoms with E-state index in [2.05, 4.69) is 10.3 Å². The van der Waals surface area contributed by atoms with Crippen molar-refractivity contribution in [3.63, 3.8) is 0 Å². The monoisotopic (exact) mass is 344 g/mol. The molecule has 0 aliphatic heterocycles. The second-order valence-electron chi connectivity index (χ2n) is 5.84. The third-order valence-corrected chi connectivity index (χ3v) is 3.69. The number of nitrogens with zero attached hydrogens (tertiary/aromatic N) is 1. The molecule has 26 heavy (non-hydrogen) atoms. The highest BCUT2D eigenvalue weighted by molar-refractivity contribution is 5.92. The Morgan fingerprint density at radius 2 is 1.77 bits per heavy atom. The van der Waals surface area contributed by atoms with Gasteiger partial charge >= 0.3 is 0 Å². The minimum absolute atomic E-state index is 0.0653. The quantitative estimate of drug-likeness (QED) is 0.655. The molecule has 0 aliphatic rings. The summed E-state index contributed by atoms with van der Waals surface area (Å²) < 4.78 is 5.69. The van der Waals surface area contributed by atoms with Crippen LogP contribution in [-0.2, 0) is 4.79 Å². The summed E-state index contributed by atoms with van der Waals surface area (Å²) in [5, 5.41) is 2.83. The van der Waals surface area contributed by atoms with Gasteiger partial charge in [0.1, 0.15) is 5.75 Å². The van der Waals surface area contributed by atoms with Crippen LogP contribution in [0.25, 0.3) is 0 Å². The molecule has 0 bridgehead atoms. The third kappa shape index (κ3) is 5.05. The molecule has 0 fully saturated rings. The molecule has 0 saturated heterocycles. The average Bonchev–Trinajstić information content (AvgIpc) is 2.66. The normalized spacial score (nSPS) is 10.7. The van der Waals surface area contributed by atoms with E-state index in [1.54, 1.807) is 6.21 Å². The number of hydrogen-bond acceptors (Lipinski definition) is 3. The van der Waals surface area contributed by atoms with Crippen LogP contribution in [0.3, 0.4) is 0 Å². The summed E-state index contributed by atoms with van der Waals surface area (Å²) in [6.45, 7) is 1.92. The molecule has 0 spiro atoms. The number of rotatable bonds is 6. The van der Waals surface area contributed by atoms with Crippen molar-refractivity contribution < 1.29 is 9.53 Å². The molecule has 0 saturated carbocycles. The van der Waals surface area contributed by atoms with E-state index in [0.29, 0.717) is 5.75 Å². The molecule has 0 heterocycles. The number of carbonyl (C=O) groups excluding carboxylic acids is 1. The molecule has 0 aliphatic carbocycles. The number of benzene rings is 3. The number of amides is 1. The van der Waals surface area contributed by atoms with Gasteiger partial charge < -0.3 is 10.1 Å². The number of ether oxygens (including phenoxy) is 1. The fourth-order valence-electron chi connectivity index (χ4n) is 2.44. The van der Waals surface area contributed by atoms with Crippen LogP contribution in [0.4, 0.5) is 11.4 Å². The van der Waals surface area contributed by atoms with Crippen molar-refractivity contribution >= 4 is 23.5 Å². The third-order valence-electron chi connectivity index (χ3n) is 3.69. The van der Waals surface area contributed by atoms with E-state index in [9.17, 15) is 4.79 Å². The van der Waals surface area contributed by atoms with Gasteiger partial charge in [-0.25, -0.2) is 0 Å². The molecule has 3 rings (SSSR count). The van der Waals surface area contributed by atoms with Crippen LogP contribution < -0.4 is 10.1 Å². The van der Waals surface area contributed by atoms with Gasteiger partial charge in [-0.3, -0.25) is 9.79 Å². The second-order valence-corrected chi connectivity index (χ2v) is 5.84. The number of anilines is 1. The Labute approximate surface area is 153 Å². The average molecular weight is 344 g/mol. The highest BCUT2D eigenvalue weighted by Crippen LogP contribution is 2.18. The lowest BCUT2D eigenvalue weighted by Gasteiger charge is -2.10. The fourth-order valence-corrected chi connectivity index (χ4v) is 2.44. The van der Waals surface area contributed by atoms with Gasteiger partial charge in [0.05, 0.1) is 5.69 Å². The first-order valence-electron chi connectivity index (χ1n) is 8.38. The highest BCUT2D eigenvalue weighted by Gasteiger charge is 2.06. The largest absolute Gasteiger partial charge is 0.483 e. The Morgan fingerprint density at radius 3 is 2.58 bits per heavy atom. The fraction of sp³-hybridized carbons (Fsp3) is 0.0909. The maximum atomic E-state index is 12.1. The van der Waals surface area contributed by atoms with E-state index < -0.39 is 0 Å². The van der Waals surface area contributed by atoms with E-state index >= 15 is 0 Å². The van der Waals surface area contributed by atoms with Crippen molar-refractivity contribution in [2.75, 3.05) is 11.9 Å². The maximum absolute atomic E-state index is 12.1. The molecule has 4 heteroatoms. The van der Waals surface area contributed by atoms with Gasteiger partial charge in [-0.1, -0.05) is 42.5 Å². The summed E-state index contributed by atoms with van der Waals surface area (Å²) in [4.78, 5) is 16.6. The van der Waals surface area contributed by atoms with E-state index in [4.69, 9.17) is 4.74 Å². The molecule has 4 nitrogen and oxygen atoms in total. The SMILES string of the molecule is Cc1cccc(NC(=O)COc2ccccc2C=Nc2ccccc2)c1. The van der Waals surface area contributed by atoms with Crippen LogP contribution in [0.5, 0.6) is 5.75 Å². The van der Waals surface area contributed by atoms with Crippen molar-refractivity contribution in [2.45, 2.75) is 6.92 Å². The number of hydrogen-bond donors (Lipinski definition) is 1. The molecule has 0 unspecified atom stereocenters. The predicted octanol–water partition coefficient (Wildman–Crippen LogP) is 4.76. The Hall–Kier alpha value is -3.40. The van der Waals surface area contributed by atoms with Crippen LogP contribution in [0, 0.1) is 6.92 Å². The Bertz CT molecular complexity index is 905. The van der Waals surface area contributed by atoms with Gasteiger partial charge in [-0.15, -0.1) is 0 Å². The van der Waals surface area contributed by atoms with Crippen LogP contribution in [-0.4, -0.2) is 18.7 Å². The van der Waals surface area contributed by atoms with Crippen molar-refractivity contribution in [3.05, 3.63) is 90.0 Å². The van der Waals surface area contributed by atoms with E-state index in [0.717, 1.165) is 22.5 Å². The van der Waals surface area contributed by atoms with Crippen molar-refractivity contribution in [3.8, 4) is 5.75 Å². The first-order chi connectivity index (χ1) is 12.7. The zero-order valence-corrected chi connectivity index (χ0v) is 14.6. The van der Waals surface area contributed by atoms with Crippen molar-refractivity contribution in [1.82, 2.24) is 0 Å². The van der Waals surface area contributed by atoms with Crippen molar-refractivity contribution in [2.24, 2.45) is 4.99 Å². The molecular formula is C22H20N2O2. The second kappa shape index (κ2) is 8.62. The van der Waals surface area contributed by atoms with Crippen LogP contribution >= 0.6 is 0 Å². The van der Waals surface area contributed by atoms with Crippen molar-refractivity contribution in [1.29, 1.82) is 0 Å². The van der Waals surface area contributed by atoms with Gasteiger partial charge in [0, 0.05) is 17.5 Å². The molecule has 3 aromatic rings. The zero-order chi connectivity index (χ0) is 18.2. The first-order valence-corrected chi connectivity index (χ1v) is 8.38. The van der Waals surface area contributed by atoms with Crippen LogP contribution in [0.1, 0.15) is 11.1 Å². The lowest BCUT2D eigenvalue weighted by atomic mass is 10.2. The highest BCUT2D eigenvalue weighted by atomic mass is 16.5.